The first-order chi connectivity index (χ1) is 12.0. The molecule has 8 heteroatoms. The van der Waals surface area contributed by atoms with Crippen molar-refractivity contribution in [2.24, 2.45) is 0 Å². The highest BCUT2D eigenvalue weighted by molar-refractivity contribution is 8.00. The van der Waals surface area contributed by atoms with Gasteiger partial charge in [0, 0.05) is 23.9 Å². The van der Waals surface area contributed by atoms with E-state index in [-0.39, 0.29) is 23.1 Å². The van der Waals surface area contributed by atoms with Crippen LogP contribution in [0.3, 0.4) is 0 Å². The summed E-state index contributed by atoms with van der Waals surface area (Å²) in [5.74, 6) is 0.859. The normalized spacial score (nSPS) is 22.6. The number of nitrogens with one attached hydrogen (secondary N) is 1. The van der Waals surface area contributed by atoms with Gasteiger partial charge in [-0.05, 0) is 38.0 Å². The predicted molar refractivity (Wildman–Crippen MR) is 92.4 cm³/mol. The van der Waals surface area contributed by atoms with Crippen LogP contribution in [0.2, 0.25) is 0 Å². The summed E-state index contributed by atoms with van der Waals surface area (Å²) in [6.07, 6.45) is 1.70. The molecule has 1 aromatic heterocycles. The largest absolute Gasteiger partial charge is 0.423 e. The number of fused-ring (bicyclic) bond motifs is 1. The Bertz CT molecular complexity index is 850. The zero-order chi connectivity index (χ0) is 17.6. The van der Waals surface area contributed by atoms with Crippen molar-refractivity contribution in [2.75, 3.05) is 11.9 Å². The Morgan fingerprint density at radius 2 is 2.24 bits per heavy atom. The molecule has 0 saturated carbocycles. The maximum absolute atomic E-state index is 13.0. The lowest BCUT2D eigenvalue weighted by atomic mass is 10.1. The summed E-state index contributed by atoms with van der Waals surface area (Å²) in [4.78, 5) is 27.6. The maximum Gasteiger partial charge on any atom is 0.254 e. The summed E-state index contributed by atoms with van der Waals surface area (Å²) < 4.78 is 5.52. The van der Waals surface area contributed by atoms with Crippen LogP contribution in [0, 0.1) is 6.92 Å². The van der Waals surface area contributed by atoms with Crippen molar-refractivity contribution < 1.29 is 14.0 Å². The highest BCUT2D eigenvalue weighted by Gasteiger charge is 2.34. The number of hydrogen-bond donors (Lipinski definition) is 1. The highest BCUT2D eigenvalue weighted by atomic mass is 32.2. The van der Waals surface area contributed by atoms with Crippen molar-refractivity contribution in [1.82, 2.24) is 15.1 Å². The van der Waals surface area contributed by atoms with E-state index in [0.717, 1.165) is 17.7 Å². The standard InChI is InChI=1S/C17H18N4O3S/c1-9-15(22)18-12-8-11(5-6-14(12)25-9)17(23)21-7-3-4-13(21)16-20-19-10(2)24-16/h5-6,8-9,13H,3-4,7H2,1-2H3,(H,18,22)/t9-,13-/m0/s1. The van der Waals surface area contributed by atoms with Crippen molar-refractivity contribution in [3.05, 3.63) is 35.5 Å². The summed E-state index contributed by atoms with van der Waals surface area (Å²) in [6.45, 7) is 4.26. The van der Waals surface area contributed by atoms with Gasteiger partial charge in [-0.25, -0.2) is 0 Å². The molecule has 130 valence electrons. The monoisotopic (exact) mass is 358 g/mol. The lowest BCUT2D eigenvalue weighted by Crippen LogP contribution is -2.31. The van der Waals surface area contributed by atoms with Crippen LogP contribution in [0.1, 0.15) is 47.9 Å². The Morgan fingerprint density at radius 1 is 1.40 bits per heavy atom. The molecular weight excluding hydrogens is 340 g/mol. The van der Waals surface area contributed by atoms with Crippen molar-refractivity contribution >= 4 is 29.3 Å². The minimum Gasteiger partial charge on any atom is -0.423 e. The molecule has 0 bridgehead atoms. The van der Waals surface area contributed by atoms with Gasteiger partial charge in [-0.15, -0.1) is 22.0 Å². The molecule has 2 aromatic rings. The van der Waals surface area contributed by atoms with Gasteiger partial charge >= 0.3 is 0 Å². The first-order valence-electron chi connectivity index (χ1n) is 8.25. The number of anilines is 1. The fourth-order valence-corrected chi connectivity index (χ4v) is 4.15. The second kappa shape index (κ2) is 6.18. The van der Waals surface area contributed by atoms with Gasteiger partial charge in [0.25, 0.3) is 5.91 Å². The van der Waals surface area contributed by atoms with Crippen LogP contribution >= 0.6 is 11.8 Å². The van der Waals surface area contributed by atoms with Gasteiger partial charge in [-0.3, -0.25) is 9.59 Å². The second-order valence-corrected chi connectivity index (χ2v) is 7.66. The van der Waals surface area contributed by atoms with E-state index in [4.69, 9.17) is 4.42 Å². The van der Waals surface area contributed by atoms with Gasteiger partial charge in [0.05, 0.1) is 10.9 Å². The van der Waals surface area contributed by atoms with Gasteiger partial charge in [0.15, 0.2) is 0 Å². The van der Waals surface area contributed by atoms with Crippen LogP contribution in [0.4, 0.5) is 5.69 Å². The zero-order valence-electron chi connectivity index (χ0n) is 14.0. The van der Waals surface area contributed by atoms with Crippen molar-refractivity contribution in [2.45, 2.75) is 42.9 Å². The van der Waals surface area contributed by atoms with E-state index in [1.807, 2.05) is 19.1 Å². The third-order valence-corrected chi connectivity index (χ3v) is 5.68. The molecule has 0 radical (unpaired) electrons. The Balaban J connectivity index is 1.60. The van der Waals surface area contributed by atoms with E-state index < -0.39 is 0 Å². The molecule has 2 atom stereocenters. The third-order valence-electron chi connectivity index (χ3n) is 4.50. The molecule has 1 aromatic carbocycles. The summed E-state index contributed by atoms with van der Waals surface area (Å²) in [5, 5.41) is 10.7. The molecule has 0 aliphatic carbocycles. The molecular formula is C17H18N4O3S. The predicted octanol–water partition coefficient (Wildman–Crippen LogP) is 2.79. The molecule has 4 rings (SSSR count). The van der Waals surface area contributed by atoms with Crippen LogP contribution in [-0.4, -0.2) is 38.7 Å². The smallest absolute Gasteiger partial charge is 0.254 e. The molecule has 2 amide bonds. The Labute approximate surface area is 149 Å². The number of hydrogen-bond acceptors (Lipinski definition) is 6. The fraction of sp³-hybridized carbons (Fsp3) is 0.412. The lowest BCUT2D eigenvalue weighted by molar-refractivity contribution is -0.115. The second-order valence-electron chi connectivity index (χ2n) is 6.28. The number of carbonyl (C=O) groups excluding carboxylic acids is 2. The summed E-state index contributed by atoms with van der Waals surface area (Å²) in [5.41, 5.74) is 1.25. The number of aromatic nitrogens is 2. The minimum absolute atomic E-state index is 0.0394. The average molecular weight is 358 g/mol. The number of rotatable bonds is 2. The maximum atomic E-state index is 13.0. The van der Waals surface area contributed by atoms with E-state index in [9.17, 15) is 9.59 Å². The topological polar surface area (TPSA) is 88.3 Å². The summed E-state index contributed by atoms with van der Waals surface area (Å²) in [7, 11) is 0. The van der Waals surface area contributed by atoms with Gasteiger partial charge in [-0.1, -0.05) is 0 Å². The summed E-state index contributed by atoms with van der Waals surface area (Å²) >= 11 is 1.50. The van der Waals surface area contributed by atoms with E-state index in [0.29, 0.717) is 29.6 Å². The zero-order valence-corrected chi connectivity index (χ0v) is 14.8. The molecule has 3 heterocycles. The fourth-order valence-electron chi connectivity index (χ4n) is 3.22. The van der Waals surface area contributed by atoms with Crippen molar-refractivity contribution in [3.63, 3.8) is 0 Å². The first-order valence-corrected chi connectivity index (χ1v) is 9.13. The van der Waals surface area contributed by atoms with Crippen molar-refractivity contribution in [1.29, 1.82) is 0 Å². The van der Waals surface area contributed by atoms with Crippen LogP contribution in [0.5, 0.6) is 0 Å². The molecule has 2 aliphatic heterocycles. The van der Waals surface area contributed by atoms with E-state index in [2.05, 4.69) is 15.5 Å². The molecule has 0 unspecified atom stereocenters. The Kier molecular flexibility index (Phi) is 3.99. The Morgan fingerprint density at radius 3 is 3.00 bits per heavy atom. The molecule has 1 N–H and O–H groups in total. The highest BCUT2D eigenvalue weighted by Crippen LogP contribution is 2.37. The lowest BCUT2D eigenvalue weighted by Gasteiger charge is -2.24. The van der Waals surface area contributed by atoms with Crippen LogP contribution in [-0.2, 0) is 4.79 Å². The SMILES string of the molecule is Cc1nnc([C@@H]2CCCN2C(=O)c2ccc3c(c2)NC(=O)[C@H](C)S3)o1. The quantitative estimate of drug-likeness (QED) is 0.888. The molecule has 7 nitrogen and oxygen atoms in total. The van der Waals surface area contributed by atoms with Crippen LogP contribution in [0.25, 0.3) is 0 Å². The number of nitrogens with zero attached hydrogens (tertiary/aromatic N) is 3. The van der Waals surface area contributed by atoms with Crippen molar-refractivity contribution in [3.8, 4) is 0 Å². The van der Waals surface area contributed by atoms with E-state index in [1.165, 1.54) is 11.8 Å². The average Bonchev–Trinajstić information content (AvgIpc) is 3.23. The molecule has 1 saturated heterocycles. The molecule has 2 aliphatic rings. The van der Waals surface area contributed by atoms with Gasteiger partial charge in [-0.2, -0.15) is 0 Å². The molecule has 0 spiro atoms. The number of benzene rings is 1. The molecule has 1 fully saturated rings. The third kappa shape index (κ3) is 2.90. The van der Waals surface area contributed by atoms with Gasteiger partial charge < -0.3 is 14.6 Å². The first kappa shape index (κ1) is 16.1. The van der Waals surface area contributed by atoms with E-state index in [1.54, 1.807) is 17.9 Å². The van der Waals surface area contributed by atoms with Gasteiger partial charge in [0.2, 0.25) is 17.7 Å². The number of amides is 2. The summed E-state index contributed by atoms with van der Waals surface area (Å²) in [6, 6.07) is 5.27. The Hall–Kier alpha value is -2.35. The number of aryl methyl sites for hydroxylation is 1. The van der Waals surface area contributed by atoms with Crippen LogP contribution < -0.4 is 5.32 Å². The van der Waals surface area contributed by atoms with E-state index >= 15 is 0 Å². The molecule has 25 heavy (non-hydrogen) atoms. The number of carbonyl (C=O) groups is 2. The minimum atomic E-state index is -0.186. The number of thioether (sulfide) groups is 1. The van der Waals surface area contributed by atoms with Crippen LogP contribution in [0.15, 0.2) is 27.5 Å². The number of likely N-dealkylation sites (tertiary alicyclic amines) is 1. The van der Waals surface area contributed by atoms with Gasteiger partial charge in [0.1, 0.15) is 6.04 Å².